The first-order valence-electron chi connectivity index (χ1n) is 16.6. The smallest absolute Gasteiger partial charge is 0.509 e. The van der Waals surface area contributed by atoms with E-state index < -0.39 is 40.9 Å². The minimum absolute atomic E-state index is 0. The first-order chi connectivity index (χ1) is 24.6. The second-order valence-corrected chi connectivity index (χ2v) is 13.2. The number of aryl methyl sites for hydroxylation is 1. The number of nitrogens with zero attached hydrogens (tertiary/aromatic N) is 4. The molecule has 0 saturated carbocycles. The van der Waals surface area contributed by atoms with Gasteiger partial charge in [0, 0.05) is 34.3 Å². The molecule has 3 heterocycles. The molecule has 7 aromatic rings. The summed E-state index contributed by atoms with van der Waals surface area (Å²) in [5, 5.41) is 6.61. The Balaban J connectivity index is 0.00000481. The summed E-state index contributed by atoms with van der Waals surface area (Å²) in [5.41, 5.74) is -0.610. The van der Waals surface area contributed by atoms with Crippen molar-refractivity contribution in [3.63, 3.8) is 0 Å². The zero-order chi connectivity index (χ0) is 37.1. The fourth-order valence-electron chi connectivity index (χ4n) is 6.67. The van der Waals surface area contributed by atoms with Gasteiger partial charge < -0.3 is 9.30 Å². The van der Waals surface area contributed by atoms with Crippen LogP contribution >= 0.6 is 0 Å². The molecule has 4 aromatic carbocycles. The predicted molar refractivity (Wildman–Crippen MR) is 188 cm³/mol. The van der Waals surface area contributed by atoms with Crippen LogP contribution in [0.15, 0.2) is 91.1 Å². The van der Waals surface area contributed by atoms with Gasteiger partial charge in [-0.15, -0.1) is 35.7 Å². The predicted octanol–water partition coefficient (Wildman–Crippen LogP) is 12.0. The number of ether oxygens (including phenoxy) is 1. The number of rotatable bonds is 7. The molecule has 0 aliphatic heterocycles. The SMILES string of the molecule is Cc1ccnc(-n2c3[c-]c(Oc4[c-]c(-n5nc(C(C)C)c(-c6c(C(F)(F)F)cccc6C(F)(F)F)c5C(C)C)ccc4)ccc3c3ccccc32)c1.[Pd+2]. The van der Waals surface area contributed by atoms with E-state index in [0.29, 0.717) is 23.7 Å². The van der Waals surface area contributed by atoms with Gasteiger partial charge in [-0.05, 0) is 65.7 Å². The fourth-order valence-corrected chi connectivity index (χ4v) is 6.67. The quantitative estimate of drug-likeness (QED) is 0.0914. The van der Waals surface area contributed by atoms with Gasteiger partial charge >= 0.3 is 32.8 Å². The van der Waals surface area contributed by atoms with Crippen LogP contribution in [0.5, 0.6) is 11.5 Å². The van der Waals surface area contributed by atoms with E-state index in [1.54, 1.807) is 58.2 Å². The van der Waals surface area contributed by atoms with Crippen LogP contribution in [0, 0.1) is 19.1 Å². The standard InChI is InChI=1S/C41H32F6N4O.Pd/c1-23(2)38-37(36-31(40(42,43)44)13-9-14-32(36)41(45,46)47)39(24(3)4)51(49-38)26-10-8-11-27(21-26)52-28-16-17-30-29-12-6-7-15-33(29)50(34(30)22-28)35-20-25(5)18-19-48-35;/h6-20,23-24H,1-5H3;/q-2;+2. The molecule has 3 aromatic heterocycles. The molecule has 0 aliphatic rings. The molecule has 0 spiro atoms. The van der Waals surface area contributed by atoms with Crippen molar-refractivity contribution in [3.05, 3.63) is 131 Å². The average Bonchev–Trinajstić information content (AvgIpc) is 3.64. The van der Waals surface area contributed by atoms with Crippen molar-refractivity contribution in [2.45, 2.75) is 58.8 Å². The molecule has 0 unspecified atom stereocenters. The monoisotopic (exact) mass is 816 g/mol. The summed E-state index contributed by atoms with van der Waals surface area (Å²) in [4.78, 5) is 4.61. The first kappa shape index (κ1) is 37.8. The molecule has 0 radical (unpaired) electrons. The van der Waals surface area contributed by atoms with Gasteiger partial charge in [0.05, 0.1) is 22.5 Å². The molecule has 7 rings (SSSR count). The summed E-state index contributed by atoms with van der Waals surface area (Å²) in [7, 11) is 0. The van der Waals surface area contributed by atoms with Crippen LogP contribution in [-0.2, 0) is 32.8 Å². The number of hydrogen-bond donors (Lipinski definition) is 0. The maximum atomic E-state index is 14.4. The molecule has 5 nitrogen and oxygen atoms in total. The molecule has 0 fully saturated rings. The summed E-state index contributed by atoms with van der Waals surface area (Å²) in [5.74, 6) is 0.258. The molecule has 0 amide bonds. The van der Waals surface area contributed by atoms with Crippen molar-refractivity contribution in [1.82, 2.24) is 19.3 Å². The number of pyridine rings is 1. The van der Waals surface area contributed by atoms with Crippen LogP contribution in [0.2, 0.25) is 0 Å². The molecule has 0 N–H and O–H groups in total. The van der Waals surface area contributed by atoms with Crippen LogP contribution in [0.25, 0.3) is 44.4 Å². The van der Waals surface area contributed by atoms with Crippen molar-refractivity contribution in [1.29, 1.82) is 0 Å². The van der Waals surface area contributed by atoms with E-state index in [0.717, 1.165) is 33.4 Å². The molecule has 0 aliphatic carbocycles. The summed E-state index contributed by atoms with van der Waals surface area (Å²) in [6, 6.07) is 29.2. The van der Waals surface area contributed by atoms with Gasteiger partial charge in [-0.1, -0.05) is 57.5 Å². The van der Waals surface area contributed by atoms with Gasteiger partial charge in [0.1, 0.15) is 5.82 Å². The van der Waals surface area contributed by atoms with E-state index in [1.165, 1.54) is 4.68 Å². The van der Waals surface area contributed by atoms with E-state index >= 15 is 0 Å². The second-order valence-electron chi connectivity index (χ2n) is 13.2. The number of benzene rings is 4. The fraction of sp³-hybridized carbons (Fsp3) is 0.220. The van der Waals surface area contributed by atoms with Crippen molar-refractivity contribution in [2.24, 2.45) is 0 Å². The molecule has 0 bridgehead atoms. The Kier molecular flexibility index (Phi) is 10.1. The molecular weight excluding hydrogens is 785 g/mol. The Morgan fingerprint density at radius 2 is 1.36 bits per heavy atom. The Hall–Kier alpha value is -4.92. The number of para-hydroxylation sites is 1. The Morgan fingerprint density at radius 1 is 0.698 bits per heavy atom. The molecule has 53 heavy (non-hydrogen) atoms. The van der Waals surface area contributed by atoms with Gasteiger partial charge in [0.25, 0.3) is 0 Å². The summed E-state index contributed by atoms with van der Waals surface area (Å²) in [6.07, 6.45) is -8.37. The van der Waals surface area contributed by atoms with Crippen molar-refractivity contribution < 1.29 is 51.5 Å². The van der Waals surface area contributed by atoms with Crippen molar-refractivity contribution >= 4 is 21.8 Å². The van der Waals surface area contributed by atoms with Crippen LogP contribution in [-0.4, -0.2) is 19.3 Å². The molecular formula is C41H32F6N4OPd. The number of hydrogen-bond acceptors (Lipinski definition) is 3. The third-order valence-electron chi connectivity index (χ3n) is 8.86. The van der Waals surface area contributed by atoms with Gasteiger partial charge in [-0.3, -0.25) is 4.68 Å². The maximum absolute atomic E-state index is 14.4. The van der Waals surface area contributed by atoms with Crippen LogP contribution in [0.1, 0.15) is 67.6 Å². The van der Waals surface area contributed by atoms with Crippen molar-refractivity contribution in [2.75, 3.05) is 0 Å². The molecule has 0 atom stereocenters. The molecule has 0 saturated heterocycles. The van der Waals surface area contributed by atoms with Gasteiger partial charge in [-0.2, -0.15) is 43.6 Å². The van der Waals surface area contributed by atoms with E-state index in [4.69, 9.17) is 4.74 Å². The van der Waals surface area contributed by atoms with Crippen LogP contribution in [0.4, 0.5) is 26.3 Å². The van der Waals surface area contributed by atoms with E-state index in [9.17, 15) is 26.3 Å². The summed E-state index contributed by atoms with van der Waals surface area (Å²) >= 11 is 0. The Bertz CT molecular complexity index is 2430. The largest absolute Gasteiger partial charge is 2.00 e. The zero-order valence-corrected chi connectivity index (χ0v) is 30.7. The van der Waals surface area contributed by atoms with Gasteiger partial charge in [0.15, 0.2) is 0 Å². The maximum Gasteiger partial charge on any atom is 2.00 e. The minimum Gasteiger partial charge on any atom is -0.509 e. The summed E-state index contributed by atoms with van der Waals surface area (Å²) < 4.78 is 96.2. The van der Waals surface area contributed by atoms with Crippen LogP contribution in [0.3, 0.4) is 0 Å². The Labute approximate surface area is 315 Å². The van der Waals surface area contributed by atoms with Gasteiger partial charge in [0.2, 0.25) is 0 Å². The number of aromatic nitrogens is 4. The molecule has 274 valence electrons. The first-order valence-corrected chi connectivity index (χ1v) is 16.6. The minimum atomic E-state index is -5.06. The zero-order valence-electron chi connectivity index (χ0n) is 29.1. The summed E-state index contributed by atoms with van der Waals surface area (Å²) in [6.45, 7) is 8.77. The van der Waals surface area contributed by atoms with Crippen molar-refractivity contribution in [3.8, 4) is 34.1 Å². The van der Waals surface area contributed by atoms with E-state index in [-0.39, 0.29) is 48.8 Å². The average molecular weight is 817 g/mol. The Morgan fingerprint density at radius 3 is 2.00 bits per heavy atom. The molecule has 12 heteroatoms. The third kappa shape index (κ3) is 6.98. The van der Waals surface area contributed by atoms with E-state index in [1.807, 2.05) is 54.0 Å². The van der Waals surface area contributed by atoms with E-state index in [2.05, 4.69) is 22.2 Å². The topological polar surface area (TPSA) is 44.9 Å². The third-order valence-corrected chi connectivity index (χ3v) is 8.86. The number of alkyl halides is 6. The number of halogens is 6. The normalized spacial score (nSPS) is 12.2. The second kappa shape index (κ2) is 14.1. The van der Waals surface area contributed by atoms with Crippen LogP contribution < -0.4 is 4.74 Å². The van der Waals surface area contributed by atoms with Gasteiger partial charge in [-0.25, -0.2) is 4.98 Å². The number of fused-ring (bicyclic) bond motifs is 3.